The lowest BCUT2D eigenvalue weighted by atomic mass is 9.86. The van der Waals surface area contributed by atoms with Crippen molar-refractivity contribution in [2.24, 2.45) is 5.16 Å². The Balaban J connectivity index is 1.51. The third-order valence-corrected chi connectivity index (χ3v) is 8.93. The van der Waals surface area contributed by atoms with Crippen molar-refractivity contribution in [3.63, 3.8) is 0 Å². The van der Waals surface area contributed by atoms with Gasteiger partial charge in [-0.15, -0.1) is 0 Å². The smallest absolute Gasteiger partial charge is 0.318 e. The quantitative estimate of drug-likeness (QED) is 0.0578. The number of fused-ring (bicyclic) bond motifs is 2. The molecule has 5 nitrogen and oxygen atoms in total. The van der Waals surface area contributed by atoms with Gasteiger partial charge in [0, 0.05) is 18.1 Å². The fourth-order valence-electron chi connectivity index (χ4n) is 7.19. The van der Waals surface area contributed by atoms with Crippen molar-refractivity contribution >= 4 is 44.8 Å². The highest BCUT2D eigenvalue weighted by Gasteiger charge is 2.29. The summed E-state index contributed by atoms with van der Waals surface area (Å²) in [6, 6.07) is 31.2. The van der Waals surface area contributed by atoms with E-state index in [-0.39, 0.29) is 0 Å². The van der Waals surface area contributed by atoms with Gasteiger partial charge < -0.3 is 4.84 Å². The minimum absolute atomic E-state index is 0.294. The fraction of sp³-hybridized carbons (Fsp3) is 0.163. The van der Waals surface area contributed by atoms with E-state index in [9.17, 15) is 14.4 Å². The zero-order valence-electron chi connectivity index (χ0n) is 28.3. The first-order chi connectivity index (χ1) is 23.0. The number of carbonyl (C=O) groups excluding carboxylic acids is 3. The first-order valence-corrected chi connectivity index (χ1v) is 16.0. The predicted octanol–water partition coefficient (Wildman–Crippen LogP) is 10.2. The lowest BCUT2D eigenvalue weighted by Gasteiger charge is -2.17. The average molecular weight is 632 g/mol. The minimum atomic E-state index is -0.732. The molecule has 0 bridgehead atoms. The lowest BCUT2D eigenvalue weighted by Crippen LogP contribution is -2.26. The summed E-state index contributed by atoms with van der Waals surface area (Å²) < 4.78 is 0. The Morgan fingerprint density at radius 2 is 0.854 bits per heavy atom. The summed E-state index contributed by atoms with van der Waals surface area (Å²) in [6.07, 6.45) is 0. The first kappa shape index (κ1) is 32.3. The second-order valence-electron chi connectivity index (χ2n) is 12.6. The van der Waals surface area contributed by atoms with Crippen molar-refractivity contribution in [3.8, 4) is 22.3 Å². The molecule has 0 radical (unpaired) electrons. The number of nitrogens with zero attached hydrogens (tertiary/aromatic N) is 1. The normalized spacial score (nSPS) is 11.1. The van der Waals surface area contributed by atoms with Gasteiger partial charge in [0.25, 0.3) is 0 Å². The van der Waals surface area contributed by atoms with Gasteiger partial charge in [-0.05, 0) is 120 Å². The van der Waals surface area contributed by atoms with Gasteiger partial charge in [-0.3, -0.25) is 9.59 Å². The largest absolute Gasteiger partial charge is 0.332 e. The van der Waals surface area contributed by atoms with Crippen molar-refractivity contribution in [2.75, 3.05) is 0 Å². The standard InChI is InChI=1S/C43H37NO4/c1-24-20-26(3)39(27(4)21-24)35-16-18-37(33-14-10-8-12-31(33)35)42(46)41(44-48-30(7)45)43(47)38-19-17-36(32-13-9-11-15-34(32)38)40-28(5)22-25(2)23-29(40)6/h8-23H,1-7H3. The second kappa shape index (κ2) is 12.8. The van der Waals surface area contributed by atoms with E-state index in [0.717, 1.165) is 55.3 Å². The molecule has 0 saturated heterocycles. The van der Waals surface area contributed by atoms with Crippen molar-refractivity contribution in [3.05, 3.63) is 142 Å². The molecular formula is C43H37NO4. The van der Waals surface area contributed by atoms with Crippen LogP contribution in [0, 0.1) is 41.5 Å². The van der Waals surface area contributed by atoms with Gasteiger partial charge in [0.15, 0.2) is 5.71 Å². The Kier molecular flexibility index (Phi) is 8.63. The predicted molar refractivity (Wildman–Crippen MR) is 195 cm³/mol. The second-order valence-corrected chi connectivity index (χ2v) is 12.6. The molecule has 6 rings (SSSR count). The van der Waals surface area contributed by atoms with Crippen LogP contribution >= 0.6 is 0 Å². The molecule has 6 aromatic rings. The molecule has 0 aromatic heterocycles. The number of oxime groups is 1. The highest BCUT2D eigenvalue weighted by molar-refractivity contribution is 6.73. The van der Waals surface area contributed by atoms with Crippen molar-refractivity contribution < 1.29 is 19.2 Å². The summed E-state index contributed by atoms with van der Waals surface area (Å²) in [7, 11) is 0. The number of carbonyl (C=O) groups is 3. The van der Waals surface area contributed by atoms with Crippen LogP contribution in [0.25, 0.3) is 43.8 Å². The number of benzene rings is 6. The Labute approximate surface area is 280 Å². The molecule has 0 saturated carbocycles. The fourth-order valence-corrected chi connectivity index (χ4v) is 7.19. The van der Waals surface area contributed by atoms with Crippen LogP contribution in [0.1, 0.15) is 61.0 Å². The third-order valence-electron chi connectivity index (χ3n) is 8.93. The highest BCUT2D eigenvalue weighted by atomic mass is 16.7. The summed E-state index contributed by atoms with van der Waals surface area (Å²) in [5, 5.41) is 6.99. The number of ketones is 2. The van der Waals surface area contributed by atoms with Gasteiger partial charge in [0.05, 0.1) is 0 Å². The molecule has 0 fully saturated rings. The van der Waals surface area contributed by atoms with Crippen LogP contribution < -0.4 is 0 Å². The monoisotopic (exact) mass is 631 g/mol. The van der Waals surface area contributed by atoms with E-state index >= 15 is 0 Å². The number of Topliss-reactive ketones (excluding diaryl/α,β-unsaturated/α-hetero) is 2. The van der Waals surface area contributed by atoms with E-state index in [2.05, 4.69) is 71.0 Å². The van der Waals surface area contributed by atoms with E-state index in [4.69, 9.17) is 4.84 Å². The molecule has 0 heterocycles. The Morgan fingerprint density at radius 1 is 0.500 bits per heavy atom. The third kappa shape index (κ3) is 5.84. The van der Waals surface area contributed by atoms with E-state index < -0.39 is 23.2 Å². The number of rotatable bonds is 7. The maximum absolute atomic E-state index is 14.4. The van der Waals surface area contributed by atoms with Crippen molar-refractivity contribution in [1.82, 2.24) is 0 Å². The molecule has 5 heteroatoms. The molecule has 0 unspecified atom stereocenters. The SMILES string of the molecule is CC(=O)ON=C(C(=O)c1ccc(-c2c(C)cc(C)cc2C)c2ccccc12)C(=O)c1ccc(-c2c(C)cc(C)cc2C)c2ccccc12. The Morgan fingerprint density at radius 3 is 1.21 bits per heavy atom. The number of aryl methyl sites for hydroxylation is 6. The summed E-state index contributed by atoms with van der Waals surface area (Å²) in [4.78, 5) is 45.7. The Bertz CT molecular complexity index is 2140. The zero-order chi connectivity index (χ0) is 34.3. The molecule has 238 valence electrons. The lowest BCUT2D eigenvalue weighted by molar-refractivity contribution is -0.140. The van der Waals surface area contributed by atoms with Crippen LogP contribution in [0.4, 0.5) is 0 Å². The molecule has 0 spiro atoms. The van der Waals surface area contributed by atoms with Crippen molar-refractivity contribution in [2.45, 2.75) is 48.5 Å². The molecule has 0 atom stereocenters. The molecule has 0 N–H and O–H groups in total. The first-order valence-electron chi connectivity index (χ1n) is 16.0. The van der Waals surface area contributed by atoms with Gasteiger partial charge in [-0.1, -0.05) is 101 Å². The number of hydrogen-bond donors (Lipinski definition) is 0. The summed E-state index contributed by atoms with van der Waals surface area (Å²) >= 11 is 0. The van der Waals surface area contributed by atoms with Crippen LogP contribution in [0.15, 0.2) is 102 Å². The van der Waals surface area contributed by atoms with Gasteiger partial charge in [-0.2, -0.15) is 0 Å². The van der Waals surface area contributed by atoms with Crippen LogP contribution in [0.2, 0.25) is 0 Å². The maximum atomic E-state index is 14.4. The van der Waals surface area contributed by atoms with Gasteiger partial charge in [0.1, 0.15) is 0 Å². The molecule has 6 aromatic carbocycles. The van der Waals surface area contributed by atoms with Crippen LogP contribution in [-0.2, 0) is 9.63 Å². The van der Waals surface area contributed by atoms with Crippen molar-refractivity contribution in [1.29, 1.82) is 0 Å². The van der Waals surface area contributed by atoms with Crippen LogP contribution in [0.3, 0.4) is 0 Å². The highest BCUT2D eigenvalue weighted by Crippen LogP contribution is 2.38. The van der Waals surface area contributed by atoms with Crippen LogP contribution in [0.5, 0.6) is 0 Å². The summed E-state index contributed by atoms with van der Waals surface area (Å²) in [6.45, 7) is 13.7. The molecule has 0 aliphatic heterocycles. The molecule has 0 aliphatic rings. The van der Waals surface area contributed by atoms with Gasteiger partial charge in [0.2, 0.25) is 11.6 Å². The zero-order valence-corrected chi connectivity index (χ0v) is 28.3. The average Bonchev–Trinajstić information content (AvgIpc) is 3.03. The molecule has 0 aliphatic carbocycles. The minimum Gasteiger partial charge on any atom is -0.318 e. The maximum Gasteiger partial charge on any atom is 0.332 e. The molecule has 0 amide bonds. The van der Waals surface area contributed by atoms with E-state index in [1.807, 2.05) is 60.7 Å². The Hall–Kier alpha value is -5.68. The van der Waals surface area contributed by atoms with Gasteiger partial charge >= 0.3 is 5.97 Å². The summed E-state index contributed by atoms with van der Waals surface area (Å²) in [5.74, 6) is -1.98. The van der Waals surface area contributed by atoms with Crippen LogP contribution in [-0.4, -0.2) is 23.2 Å². The van der Waals surface area contributed by atoms with E-state index in [0.29, 0.717) is 21.9 Å². The molecule has 48 heavy (non-hydrogen) atoms. The number of hydrogen-bond acceptors (Lipinski definition) is 5. The summed E-state index contributed by atoms with van der Waals surface area (Å²) in [5.41, 5.74) is 11.2. The van der Waals surface area contributed by atoms with Gasteiger partial charge in [-0.25, -0.2) is 4.79 Å². The van der Waals surface area contributed by atoms with E-state index in [1.54, 1.807) is 12.1 Å². The topological polar surface area (TPSA) is 72.8 Å². The molecular weight excluding hydrogens is 594 g/mol. The van der Waals surface area contributed by atoms with E-state index in [1.165, 1.54) is 18.1 Å².